The molecule has 2 N–H and O–H groups in total. The average Bonchev–Trinajstić information content (AvgIpc) is 3.08. The first-order valence-electron chi connectivity index (χ1n) is 5.79. The highest BCUT2D eigenvalue weighted by atomic mass is 16.3. The van der Waals surface area contributed by atoms with Gasteiger partial charge in [-0.2, -0.15) is 0 Å². The molecule has 1 aliphatic heterocycles. The summed E-state index contributed by atoms with van der Waals surface area (Å²) in [5.74, 6) is 0.0535. The van der Waals surface area contributed by atoms with Crippen molar-refractivity contribution in [2.45, 2.75) is 18.4 Å². The number of rotatable bonds is 2. The second-order valence-corrected chi connectivity index (χ2v) is 4.95. The third kappa shape index (κ3) is 1.67. The van der Waals surface area contributed by atoms with Crippen molar-refractivity contribution < 1.29 is 9.90 Å². The standard InChI is InChI=1S/C12H14N2O3/c15-10-9(2-1-5-13-10)11(16)14-6-12(17,7-14)8-3-4-8/h1-2,5,8,17H,3-4,6-7H2,(H,13,15). The topological polar surface area (TPSA) is 73.4 Å². The van der Waals surface area contributed by atoms with Crippen LogP contribution >= 0.6 is 0 Å². The van der Waals surface area contributed by atoms with E-state index >= 15 is 0 Å². The number of aliphatic hydroxyl groups is 1. The molecular formula is C12H14N2O3. The molecule has 5 heteroatoms. The highest BCUT2D eigenvalue weighted by Crippen LogP contribution is 2.44. The Morgan fingerprint density at radius 2 is 2.18 bits per heavy atom. The number of likely N-dealkylation sites (tertiary alicyclic amines) is 1. The molecule has 1 aromatic heterocycles. The Balaban J connectivity index is 1.73. The first-order valence-corrected chi connectivity index (χ1v) is 5.79. The smallest absolute Gasteiger partial charge is 0.260 e. The average molecular weight is 234 g/mol. The summed E-state index contributed by atoms with van der Waals surface area (Å²) in [4.78, 5) is 27.4. The second-order valence-electron chi connectivity index (χ2n) is 4.95. The summed E-state index contributed by atoms with van der Waals surface area (Å²) in [5, 5.41) is 10.1. The van der Waals surface area contributed by atoms with Gasteiger partial charge in [0.25, 0.3) is 11.5 Å². The van der Waals surface area contributed by atoms with E-state index in [1.165, 1.54) is 17.2 Å². The Morgan fingerprint density at radius 3 is 2.76 bits per heavy atom. The molecule has 5 nitrogen and oxygen atoms in total. The molecule has 0 spiro atoms. The molecule has 1 aromatic rings. The Bertz CT molecular complexity index is 512. The molecule has 1 amide bonds. The van der Waals surface area contributed by atoms with Gasteiger partial charge in [0.1, 0.15) is 11.2 Å². The molecule has 0 unspecified atom stereocenters. The molecule has 90 valence electrons. The molecule has 2 aliphatic rings. The molecule has 1 aliphatic carbocycles. The van der Waals surface area contributed by atoms with E-state index in [0.717, 1.165) is 12.8 Å². The second kappa shape index (κ2) is 3.43. The third-order valence-corrected chi connectivity index (χ3v) is 3.60. The molecule has 0 bridgehead atoms. The predicted octanol–water partition coefficient (Wildman–Crippen LogP) is -0.0282. The van der Waals surface area contributed by atoms with Gasteiger partial charge >= 0.3 is 0 Å². The number of β-amino-alcohol motifs (C(OH)–C–C–N with tert-alkyl or cyclic N) is 1. The monoisotopic (exact) mass is 234 g/mol. The Hall–Kier alpha value is -1.62. The van der Waals surface area contributed by atoms with E-state index < -0.39 is 5.60 Å². The lowest BCUT2D eigenvalue weighted by molar-refractivity contribution is -0.0958. The summed E-state index contributed by atoms with van der Waals surface area (Å²) in [7, 11) is 0. The Labute approximate surface area is 98.1 Å². The molecule has 0 atom stereocenters. The van der Waals surface area contributed by atoms with E-state index in [0.29, 0.717) is 19.0 Å². The van der Waals surface area contributed by atoms with Crippen LogP contribution in [-0.4, -0.2) is 39.6 Å². The summed E-state index contributed by atoms with van der Waals surface area (Å²) in [5.41, 5.74) is -0.929. The molecule has 0 radical (unpaired) electrons. The van der Waals surface area contributed by atoms with Crippen molar-refractivity contribution in [3.63, 3.8) is 0 Å². The molecule has 2 fully saturated rings. The maximum absolute atomic E-state index is 12.0. The molecular weight excluding hydrogens is 220 g/mol. The van der Waals surface area contributed by atoms with E-state index in [1.54, 1.807) is 6.07 Å². The van der Waals surface area contributed by atoms with Crippen LogP contribution in [0.1, 0.15) is 23.2 Å². The summed E-state index contributed by atoms with van der Waals surface area (Å²) in [6, 6.07) is 3.14. The van der Waals surface area contributed by atoms with Gasteiger partial charge in [-0.15, -0.1) is 0 Å². The van der Waals surface area contributed by atoms with Gasteiger partial charge in [-0.25, -0.2) is 0 Å². The van der Waals surface area contributed by atoms with Crippen LogP contribution in [0.25, 0.3) is 0 Å². The minimum atomic E-state index is -0.697. The molecule has 0 aromatic carbocycles. The minimum absolute atomic E-state index is 0.144. The summed E-state index contributed by atoms with van der Waals surface area (Å²) < 4.78 is 0. The maximum atomic E-state index is 12.0. The minimum Gasteiger partial charge on any atom is -0.386 e. The highest BCUT2D eigenvalue weighted by molar-refractivity contribution is 5.94. The quantitative estimate of drug-likeness (QED) is 0.754. The van der Waals surface area contributed by atoms with Gasteiger partial charge in [0.05, 0.1) is 13.1 Å². The van der Waals surface area contributed by atoms with E-state index in [-0.39, 0.29) is 17.0 Å². The van der Waals surface area contributed by atoms with Gasteiger partial charge in [-0.1, -0.05) is 0 Å². The fraction of sp³-hybridized carbons (Fsp3) is 0.500. The Kier molecular flexibility index (Phi) is 2.13. The van der Waals surface area contributed by atoms with Crippen LogP contribution in [0.4, 0.5) is 0 Å². The van der Waals surface area contributed by atoms with Crippen LogP contribution in [0, 0.1) is 5.92 Å². The number of aromatic nitrogens is 1. The van der Waals surface area contributed by atoms with Crippen molar-refractivity contribution in [1.82, 2.24) is 9.88 Å². The van der Waals surface area contributed by atoms with Crippen molar-refractivity contribution in [2.24, 2.45) is 5.92 Å². The number of nitrogens with zero attached hydrogens (tertiary/aromatic N) is 1. The van der Waals surface area contributed by atoms with Gasteiger partial charge in [-0.05, 0) is 30.9 Å². The lowest BCUT2D eigenvalue weighted by Crippen LogP contribution is -2.65. The first-order chi connectivity index (χ1) is 8.10. The van der Waals surface area contributed by atoms with E-state index in [4.69, 9.17) is 0 Å². The van der Waals surface area contributed by atoms with Gasteiger partial charge < -0.3 is 15.0 Å². The molecule has 3 rings (SSSR count). The number of nitrogens with one attached hydrogen (secondary N) is 1. The van der Waals surface area contributed by atoms with Crippen molar-refractivity contribution >= 4 is 5.91 Å². The number of carbonyl (C=O) groups excluding carboxylic acids is 1. The summed E-state index contributed by atoms with van der Waals surface area (Å²) in [6.07, 6.45) is 3.59. The van der Waals surface area contributed by atoms with Crippen molar-refractivity contribution in [1.29, 1.82) is 0 Å². The maximum Gasteiger partial charge on any atom is 0.260 e. The van der Waals surface area contributed by atoms with Gasteiger partial charge in [0, 0.05) is 6.20 Å². The lowest BCUT2D eigenvalue weighted by atomic mass is 9.88. The fourth-order valence-electron chi connectivity index (χ4n) is 2.40. The molecule has 2 heterocycles. The van der Waals surface area contributed by atoms with Crippen LogP contribution in [0.2, 0.25) is 0 Å². The van der Waals surface area contributed by atoms with Crippen molar-refractivity contribution in [3.05, 3.63) is 34.2 Å². The lowest BCUT2D eigenvalue weighted by Gasteiger charge is -2.46. The van der Waals surface area contributed by atoms with Crippen LogP contribution in [-0.2, 0) is 0 Å². The predicted molar refractivity (Wildman–Crippen MR) is 60.6 cm³/mol. The number of hydrogen-bond acceptors (Lipinski definition) is 3. The van der Waals surface area contributed by atoms with Crippen molar-refractivity contribution in [3.8, 4) is 0 Å². The van der Waals surface area contributed by atoms with Gasteiger partial charge in [-0.3, -0.25) is 9.59 Å². The highest BCUT2D eigenvalue weighted by Gasteiger charge is 2.53. The number of carbonyl (C=O) groups is 1. The number of hydrogen-bond donors (Lipinski definition) is 2. The number of pyridine rings is 1. The van der Waals surface area contributed by atoms with Crippen LogP contribution < -0.4 is 5.56 Å². The van der Waals surface area contributed by atoms with Crippen LogP contribution in [0.3, 0.4) is 0 Å². The van der Waals surface area contributed by atoms with Crippen molar-refractivity contribution in [2.75, 3.05) is 13.1 Å². The zero-order valence-electron chi connectivity index (χ0n) is 9.35. The molecule has 1 saturated heterocycles. The summed E-state index contributed by atoms with van der Waals surface area (Å²) in [6.45, 7) is 0.704. The fourth-order valence-corrected chi connectivity index (χ4v) is 2.40. The molecule has 17 heavy (non-hydrogen) atoms. The molecule has 1 saturated carbocycles. The van der Waals surface area contributed by atoms with Gasteiger partial charge in [0.15, 0.2) is 0 Å². The first kappa shape index (κ1) is 10.5. The normalized spacial score (nSPS) is 22.1. The third-order valence-electron chi connectivity index (χ3n) is 3.60. The van der Waals surface area contributed by atoms with Crippen LogP contribution in [0.5, 0.6) is 0 Å². The van der Waals surface area contributed by atoms with E-state index in [2.05, 4.69) is 4.98 Å². The van der Waals surface area contributed by atoms with E-state index in [1.807, 2.05) is 0 Å². The zero-order valence-corrected chi connectivity index (χ0v) is 9.35. The number of aromatic amines is 1. The largest absolute Gasteiger partial charge is 0.386 e. The van der Waals surface area contributed by atoms with Gasteiger partial charge in [0.2, 0.25) is 0 Å². The Morgan fingerprint density at radius 1 is 1.47 bits per heavy atom. The number of H-pyrrole nitrogens is 1. The zero-order chi connectivity index (χ0) is 12.0. The number of amides is 1. The summed E-state index contributed by atoms with van der Waals surface area (Å²) >= 11 is 0. The van der Waals surface area contributed by atoms with E-state index in [9.17, 15) is 14.7 Å². The SMILES string of the molecule is O=C(c1ccc[nH]c1=O)N1CC(O)(C2CC2)C1. The van der Waals surface area contributed by atoms with Crippen LogP contribution in [0.15, 0.2) is 23.1 Å².